The number of furan rings is 1. The standard InChI is InChI=1S/C22H22N2O6S/c1-28-19-12-17(13-20(14-19)29-2)24-22(25)10-7-16-5-8-21(9-6-16)31(26,27)23-15-18-4-3-11-30-18/h3-14,23H,15H2,1-2H3,(H,24,25)/b10-7+. The molecule has 2 N–H and O–H groups in total. The van der Waals surface area contributed by atoms with Gasteiger partial charge in [-0.15, -0.1) is 0 Å². The van der Waals surface area contributed by atoms with E-state index in [2.05, 4.69) is 10.0 Å². The van der Waals surface area contributed by atoms with E-state index >= 15 is 0 Å². The first-order valence-corrected chi connectivity index (χ1v) is 10.7. The van der Waals surface area contributed by atoms with Crippen molar-refractivity contribution in [1.29, 1.82) is 0 Å². The molecule has 0 aliphatic heterocycles. The first kappa shape index (κ1) is 22.1. The summed E-state index contributed by atoms with van der Waals surface area (Å²) in [7, 11) is -0.627. The molecule has 0 saturated heterocycles. The summed E-state index contributed by atoms with van der Waals surface area (Å²) in [4.78, 5) is 12.3. The second-order valence-electron chi connectivity index (χ2n) is 6.40. The van der Waals surface area contributed by atoms with Gasteiger partial charge in [-0.1, -0.05) is 12.1 Å². The lowest BCUT2D eigenvalue weighted by Gasteiger charge is -2.08. The van der Waals surface area contributed by atoms with Crippen molar-refractivity contribution in [2.24, 2.45) is 0 Å². The minimum Gasteiger partial charge on any atom is -0.497 e. The van der Waals surface area contributed by atoms with Crippen molar-refractivity contribution in [3.8, 4) is 11.5 Å². The van der Waals surface area contributed by atoms with Gasteiger partial charge < -0.3 is 19.2 Å². The normalized spacial score (nSPS) is 11.4. The second-order valence-corrected chi connectivity index (χ2v) is 8.16. The Kier molecular flexibility index (Phi) is 7.11. The average molecular weight is 442 g/mol. The highest BCUT2D eigenvalue weighted by Gasteiger charge is 2.14. The number of nitrogens with one attached hydrogen (secondary N) is 2. The second kappa shape index (κ2) is 9.96. The molecule has 0 fully saturated rings. The Labute approximate surface area is 180 Å². The maximum Gasteiger partial charge on any atom is 0.248 e. The van der Waals surface area contributed by atoms with Crippen LogP contribution in [0.3, 0.4) is 0 Å². The van der Waals surface area contributed by atoms with E-state index < -0.39 is 10.0 Å². The van der Waals surface area contributed by atoms with Crippen molar-refractivity contribution >= 4 is 27.7 Å². The summed E-state index contributed by atoms with van der Waals surface area (Å²) in [6.45, 7) is 0.0617. The molecule has 0 saturated carbocycles. The minimum atomic E-state index is -3.68. The van der Waals surface area contributed by atoms with Crippen LogP contribution < -0.4 is 19.5 Å². The lowest BCUT2D eigenvalue weighted by molar-refractivity contribution is -0.111. The fourth-order valence-electron chi connectivity index (χ4n) is 2.66. The third-order valence-corrected chi connectivity index (χ3v) is 5.67. The van der Waals surface area contributed by atoms with E-state index in [0.717, 1.165) is 0 Å². The number of rotatable bonds is 9. The van der Waals surface area contributed by atoms with Gasteiger partial charge in [-0.2, -0.15) is 0 Å². The van der Waals surface area contributed by atoms with Gasteiger partial charge in [0.1, 0.15) is 17.3 Å². The van der Waals surface area contributed by atoms with Crippen LogP contribution in [0.1, 0.15) is 11.3 Å². The summed E-state index contributed by atoms with van der Waals surface area (Å²) in [6.07, 6.45) is 4.41. The molecule has 1 aromatic heterocycles. The molecular formula is C22H22N2O6S. The molecule has 1 amide bonds. The highest BCUT2D eigenvalue weighted by Crippen LogP contribution is 2.25. The molecule has 9 heteroatoms. The fraction of sp³-hybridized carbons (Fsp3) is 0.136. The molecule has 162 valence electrons. The molecule has 0 unspecified atom stereocenters. The Morgan fingerprint density at radius 1 is 1.03 bits per heavy atom. The van der Waals surface area contributed by atoms with Gasteiger partial charge in [0, 0.05) is 30.0 Å². The number of methoxy groups -OCH3 is 2. The van der Waals surface area contributed by atoms with E-state index in [0.29, 0.717) is 28.5 Å². The van der Waals surface area contributed by atoms with Crippen LogP contribution in [0.2, 0.25) is 0 Å². The minimum absolute atomic E-state index is 0.0617. The quantitative estimate of drug-likeness (QED) is 0.492. The molecule has 2 aromatic carbocycles. The molecule has 0 atom stereocenters. The van der Waals surface area contributed by atoms with Gasteiger partial charge in [0.25, 0.3) is 0 Å². The number of ether oxygens (including phenoxy) is 2. The van der Waals surface area contributed by atoms with Gasteiger partial charge in [-0.25, -0.2) is 13.1 Å². The zero-order chi connectivity index (χ0) is 22.3. The molecule has 1 heterocycles. The van der Waals surface area contributed by atoms with Crippen LogP contribution in [0.25, 0.3) is 6.08 Å². The van der Waals surface area contributed by atoms with Gasteiger partial charge >= 0.3 is 0 Å². The topological polar surface area (TPSA) is 107 Å². The van der Waals surface area contributed by atoms with Crippen molar-refractivity contribution in [3.05, 3.63) is 78.3 Å². The predicted molar refractivity (Wildman–Crippen MR) is 116 cm³/mol. The number of hydrogen-bond acceptors (Lipinski definition) is 6. The predicted octanol–water partition coefficient (Wildman–Crippen LogP) is 3.43. The van der Waals surface area contributed by atoms with Crippen LogP contribution in [0, 0.1) is 0 Å². The molecule has 0 bridgehead atoms. The van der Waals surface area contributed by atoms with Crippen LogP contribution in [-0.2, 0) is 21.4 Å². The average Bonchev–Trinajstić information content (AvgIpc) is 3.30. The number of carbonyl (C=O) groups is 1. The number of carbonyl (C=O) groups excluding carboxylic acids is 1. The van der Waals surface area contributed by atoms with Crippen molar-refractivity contribution in [2.45, 2.75) is 11.4 Å². The Hall–Kier alpha value is -3.56. The molecule has 3 rings (SSSR count). The fourth-order valence-corrected chi connectivity index (χ4v) is 3.65. The number of benzene rings is 2. The van der Waals surface area contributed by atoms with Crippen LogP contribution >= 0.6 is 0 Å². The van der Waals surface area contributed by atoms with Gasteiger partial charge in [-0.05, 0) is 35.9 Å². The maximum atomic E-state index is 12.4. The smallest absolute Gasteiger partial charge is 0.248 e. The highest BCUT2D eigenvalue weighted by molar-refractivity contribution is 7.89. The van der Waals surface area contributed by atoms with Crippen LogP contribution in [0.4, 0.5) is 5.69 Å². The zero-order valence-electron chi connectivity index (χ0n) is 17.0. The lowest BCUT2D eigenvalue weighted by atomic mass is 10.2. The molecule has 8 nitrogen and oxygen atoms in total. The highest BCUT2D eigenvalue weighted by atomic mass is 32.2. The van der Waals surface area contributed by atoms with Gasteiger partial charge in [0.2, 0.25) is 15.9 Å². The Bertz CT molecular complexity index is 1130. The molecule has 0 aliphatic rings. The van der Waals surface area contributed by atoms with Crippen molar-refractivity contribution in [1.82, 2.24) is 4.72 Å². The lowest BCUT2D eigenvalue weighted by Crippen LogP contribution is -2.22. The van der Waals surface area contributed by atoms with Crippen molar-refractivity contribution < 1.29 is 27.1 Å². The maximum absolute atomic E-state index is 12.4. The van der Waals surface area contributed by atoms with Crippen LogP contribution in [-0.4, -0.2) is 28.5 Å². The summed E-state index contributed by atoms with van der Waals surface area (Å²) >= 11 is 0. The number of sulfonamides is 1. The van der Waals surface area contributed by atoms with Crippen LogP contribution in [0.5, 0.6) is 11.5 Å². The Morgan fingerprint density at radius 2 is 1.71 bits per heavy atom. The van der Waals surface area contributed by atoms with Crippen molar-refractivity contribution in [3.63, 3.8) is 0 Å². The third-order valence-electron chi connectivity index (χ3n) is 4.25. The number of hydrogen-bond donors (Lipinski definition) is 2. The number of anilines is 1. The van der Waals surface area contributed by atoms with Gasteiger partial charge in [-0.3, -0.25) is 4.79 Å². The first-order chi connectivity index (χ1) is 14.9. The molecular weight excluding hydrogens is 420 g/mol. The summed E-state index contributed by atoms with van der Waals surface area (Å²) in [5.74, 6) is 1.27. The molecule has 31 heavy (non-hydrogen) atoms. The first-order valence-electron chi connectivity index (χ1n) is 9.24. The number of amides is 1. The Balaban J connectivity index is 1.62. The van der Waals surface area contributed by atoms with E-state index in [1.807, 2.05) is 0 Å². The van der Waals surface area contributed by atoms with Crippen LogP contribution in [0.15, 0.2) is 76.2 Å². The summed E-state index contributed by atoms with van der Waals surface area (Å²) in [5, 5.41) is 2.73. The summed E-state index contributed by atoms with van der Waals surface area (Å²) in [5.41, 5.74) is 1.19. The summed E-state index contributed by atoms with van der Waals surface area (Å²) in [6, 6.07) is 14.6. The van der Waals surface area contributed by atoms with E-state index in [4.69, 9.17) is 13.9 Å². The Morgan fingerprint density at radius 3 is 2.29 bits per heavy atom. The molecule has 3 aromatic rings. The molecule has 0 aliphatic carbocycles. The SMILES string of the molecule is COc1cc(NC(=O)/C=C/c2ccc(S(=O)(=O)NCc3ccco3)cc2)cc(OC)c1. The van der Waals surface area contributed by atoms with E-state index in [1.54, 1.807) is 48.5 Å². The molecule has 0 radical (unpaired) electrons. The third kappa shape index (κ3) is 6.21. The molecule has 0 spiro atoms. The van der Waals surface area contributed by atoms with E-state index in [9.17, 15) is 13.2 Å². The zero-order valence-corrected chi connectivity index (χ0v) is 17.8. The summed E-state index contributed by atoms with van der Waals surface area (Å²) < 4.78 is 42.7. The van der Waals surface area contributed by atoms with E-state index in [-0.39, 0.29) is 17.3 Å². The largest absolute Gasteiger partial charge is 0.497 e. The van der Waals surface area contributed by atoms with Gasteiger partial charge in [0.15, 0.2) is 0 Å². The van der Waals surface area contributed by atoms with Gasteiger partial charge in [0.05, 0.1) is 31.9 Å². The van der Waals surface area contributed by atoms with Crippen molar-refractivity contribution in [2.75, 3.05) is 19.5 Å². The monoisotopic (exact) mass is 442 g/mol. The van der Waals surface area contributed by atoms with E-state index in [1.165, 1.54) is 38.7 Å².